The summed E-state index contributed by atoms with van der Waals surface area (Å²) in [5.74, 6) is 0.142. The summed E-state index contributed by atoms with van der Waals surface area (Å²) in [4.78, 5) is 13.8. The van der Waals surface area contributed by atoms with Crippen LogP contribution in [0.4, 0.5) is 4.39 Å². The number of benzene rings is 1. The molecule has 2 rings (SSSR count). The minimum Gasteiger partial charge on any atom is -0.496 e. The van der Waals surface area contributed by atoms with Crippen molar-refractivity contribution in [3.63, 3.8) is 0 Å². The lowest BCUT2D eigenvalue weighted by Gasteiger charge is -2.07. The van der Waals surface area contributed by atoms with Gasteiger partial charge in [-0.15, -0.1) is 0 Å². The standard InChI is InChI=1S/C12H10FNO2/c1-16-11-6-5-8(13)7-9(11)10-3-2-4-12(15)14-10/h2-7H,1H3,(H,14,15). The number of nitrogens with one attached hydrogen (secondary N) is 1. The summed E-state index contributed by atoms with van der Waals surface area (Å²) >= 11 is 0. The average Bonchev–Trinajstić information content (AvgIpc) is 2.29. The number of aromatic amines is 1. The second-order valence-electron chi connectivity index (χ2n) is 3.27. The minimum atomic E-state index is -0.375. The van der Waals surface area contributed by atoms with E-state index in [1.807, 2.05) is 0 Å². The molecule has 0 aliphatic heterocycles. The van der Waals surface area contributed by atoms with Crippen LogP contribution in [-0.2, 0) is 0 Å². The normalized spacial score (nSPS) is 10.1. The highest BCUT2D eigenvalue weighted by Crippen LogP contribution is 2.28. The number of aromatic nitrogens is 1. The van der Waals surface area contributed by atoms with Crippen molar-refractivity contribution in [1.29, 1.82) is 0 Å². The summed E-state index contributed by atoms with van der Waals surface area (Å²) in [5, 5.41) is 0. The van der Waals surface area contributed by atoms with Crippen molar-refractivity contribution in [2.45, 2.75) is 0 Å². The molecule has 1 N–H and O–H groups in total. The lowest BCUT2D eigenvalue weighted by atomic mass is 10.1. The van der Waals surface area contributed by atoms with E-state index in [-0.39, 0.29) is 11.4 Å². The van der Waals surface area contributed by atoms with Gasteiger partial charge in [-0.25, -0.2) is 4.39 Å². The Labute approximate surface area is 91.5 Å². The van der Waals surface area contributed by atoms with Crippen molar-refractivity contribution in [2.24, 2.45) is 0 Å². The molecule has 1 aromatic heterocycles. The molecule has 1 heterocycles. The summed E-state index contributed by atoms with van der Waals surface area (Å²) < 4.78 is 18.2. The van der Waals surface area contributed by atoms with Crippen LogP contribution in [0.25, 0.3) is 11.3 Å². The van der Waals surface area contributed by atoms with Crippen LogP contribution in [0.2, 0.25) is 0 Å². The van der Waals surface area contributed by atoms with Crippen molar-refractivity contribution in [3.05, 3.63) is 52.6 Å². The summed E-state index contributed by atoms with van der Waals surface area (Å²) in [5.41, 5.74) is 0.827. The van der Waals surface area contributed by atoms with Crippen LogP contribution in [0, 0.1) is 5.82 Å². The highest BCUT2D eigenvalue weighted by molar-refractivity contribution is 5.66. The Kier molecular flexibility index (Phi) is 2.72. The summed E-state index contributed by atoms with van der Waals surface area (Å²) in [7, 11) is 1.50. The van der Waals surface area contributed by atoms with E-state index in [1.165, 1.54) is 31.4 Å². The molecule has 2 aromatic rings. The molecule has 0 amide bonds. The molecule has 0 atom stereocenters. The zero-order valence-corrected chi connectivity index (χ0v) is 8.66. The van der Waals surface area contributed by atoms with Crippen LogP contribution < -0.4 is 10.3 Å². The Morgan fingerprint density at radius 2 is 2.06 bits per heavy atom. The van der Waals surface area contributed by atoms with Gasteiger partial charge < -0.3 is 9.72 Å². The van der Waals surface area contributed by atoms with E-state index in [9.17, 15) is 9.18 Å². The van der Waals surface area contributed by atoms with Crippen LogP contribution in [0.1, 0.15) is 0 Å². The van der Waals surface area contributed by atoms with Gasteiger partial charge in [0.25, 0.3) is 0 Å². The lowest BCUT2D eigenvalue weighted by Crippen LogP contribution is -2.04. The number of hydrogen-bond donors (Lipinski definition) is 1. The maximum absolute atomic E-state index is 13.1. The predicted molar refractivity (Wildman–Crippen MR) is 59.0 cm³/mol. The number of halogens is 1. The first-order chi connectivity index (χ1) is 7.70. The maximum Gasteiger partial charge on any atom is 0.248 e. The third kappa shape index (κ3) is 1.95. The number of rotatable bonds is 2. The van der Waals surface area contributed by atoms with E-state index in [0.717, 1.165) is 0 Å². The van der Waals surface area contributed by atoms with Gasteiger partial charge in [-0.2, -0.15) is 0 Å². The quantitative estimate of drug-likeness (QED) is 0.841. The van der Waals surface area contributed by atoms with Crippen molar-refractivity contribution in [1.82, 2.24) is 4.98 Å². The van der Waals surface area contributed by atoms with Gasteiger partial charge in [-0.1, -0.05) is 6.07 Å². The lowest BCUT2D eigenvalue weighted by molar-refractivity contribution is 0.415. The van der Waals surface area contributed by atoms with Gasteiger partial charge in [0.15, 0.2) is 0 Å². The Morgan fingerprint density at radius 1 is 1.25 bits per heavy atom. The van der Waals surface area contributed by atoms with Crippen molar-refractivity contribution < 1.29 is 9.13 Å². The van der Waals surface area contributed by atoms with Crippen molar-refractivity contribution in [3.8, 4) is 17.0 Å². The largest absolute Gasteiger partial charge is 0.496 e. The average molecular weight is 219 g/mol. The smallest absolute Gasteiger partial charge is 0.248 e. The monoisotopic (exact) mass is 219 g/mol. The fraction of sp³-hybridized carbons (Fsp3) is 0.0833. The van der Waals surface area contributed by atoms with Gasteiger partial charge in [0, 0.05) is 11.6 Å². The third-order valence-corrected chi connectivity index (χ3v) is 2.22. The van der Waals surface area contributed by atoms with Crippen LogP contribution in [0.15, 0.2) is 41.2 Å². The Balaban J connectivity index is 2.62. The van der Waals surface area contributed by atoms with Crippen LogP contribution in [0.5, 0.6) is 5.75 Å². The SMILES string of the molecule is COc1ccc(F)cc1-c1cccc(=O)[nH]1. The zero-order chi connectivity index (χ0) is 11.5. The second-order valence-corrected chi connectivity index (χ2v) is 3.27. The number of ether oxygens (including phenoxy) is 1. The first-order valence-electron chi connectivity index (χ1n) is 4.74. The molecular formula is C12H10FNO2. The molecule has 16 heavy (non-hydrogen) atoms. The fourth-order valence-electron chi connectivity index (χ4n) is 1.50. The molecule has 0 fully saturated rings. The Bertz CT molecular complexity index is 563. The number of pyridine rings is 1. The second kappa shape index (κ2) is 4.18. The van der Waals surface area contributed by atoms with Gasteiger partial charge in [0.2, 0.25) is 5.56 Å². The summed E-state index contributed by atoms with van der Waals surface area (Å²) in [6.07, 6.45) is 0. The Morgan fingerprint density at radius 3 is 2.75 bits per heavy atom. The molecule has 3 nitrogen and oxygen atoms in total. The molecular weight excluding hydrogens is 209 g/mol. The fourth-order valence-corrected chi connectivity index (χ4v) is 1.50. The Hall–Kier alpha value is -2.10. The van der Waals surface area contributed by atoms with Gasteiger partial charge >= 0.3 is 0 Å². The van der Waals surface area contributed by atoms with E-state index >= 15 is 0 Å². The number of hydrogen-bond acceptors (Lipinski definition) is 2. The summed E-state index contributed by atoms with van der Waals surface area (Å²) in [6.45, 7) is 0. The molecule has 0 radical (unpaired) electrons. The molecule has 1 aromatic carbocycles. The van der Waals surface area contributed by atoms with Gasteiger partial charge in [0.1, 0.15) is 11.6 Å². The highest BCUT2D eigenvalue weighted by Gasteiger charge is 2.07. The maximum atomic E-state index is 13.1. The van der Waals surface area contributed by atoms with Gasteiger partial charge in [0.05, 0.1) is 12.8 Å². The molecule has 0 spiro atoms. The van der Waals surface area contributed by atoms with Crippen LogP contribution in [-0.4, -0.2) is 12.1 Å². The number of methoxy groups -OCH3 is 1. The first kappa shape index (κ1) is 10.4. The zero-order valence-electron chi connectivity index (χ0n) is 8.66. The topological polar surface area (TPSA) is 42.1 Å². The van der Waals surface area contributed by atoms with Crippen molar-refractivity contribution in [2.75, 3.05) is 7.11 Å². The van der Waals surface area contributed by atoms with Crippen LogP contribution in [0.3, 0.4) is 0 Å². The summed E-state index contributed by atoms with van der Waals surface area (Å²) in [6, 6.07) is 8.86. The third-order valence-electron chi connectivity index (χ3n) is 2.22. The molecule has 0 aliphatic rings. The van der Waals surface area contributed by atoms with Crippen molar-refractivity contribution >= 4 is 0 Å². The minimum absolute atomic E-state index is 0.233. The number of H-pyrrole nitrogens is 1. The molecule has 0 saturated carbocycles. The van der Waals surface area contributed by atoms with E-state index in [1.54, 1.807) is 12.1 Å². The molecule has 0 aliphatic carbocycles. The van der Waals surface area contributed by atoms with E-state index < -0.39 is 0 Å². The molecule has 0 unspecified atom stereocenters. The van der Waals surface area contributed by atoms with Gasteiger partial charge in [-0.3, -0.25) is 4.79 Å². The van der Waals surface area contributed by atoms with E-state index in [2.05, 4.69) is 4.98 Å². The molecule has 0 saturated heterocycles. The first-order valence-corrected chi connectivity index (χ1v) is 4.74. The van der Waals surface area contributed by atoms with E-state index in [0.29, 0.717) is 17.0 Å². The van der Waals surface area contributed by atoms with Crippen LogP contribution >= 0.6 is 0 Å². The molecule has 0 bridgehead atoms. The molecule has 82 valence electrons. The molecule has 4 heteroatoms. The van der Waals surface area contributed by atoms with E-state index in [4.69, 9.17) is 4.74 Å². The predicted octanol–water partition coefficient (Wildman–Crippen LogP) is 2.19. The highest BCUT2D eigenvalue weighted by atomic mass is 19.1. The van der Waals surface area contributed by atoms with Gasteiger partial charge in [-0.05, 0) is 24.3 Å².